The molecular formula is C22H24N4O6. The Balaban J connectivity index is 1.60. The molecule has 1 aliphatic heterocycles. The summed E-state index contributed by atoms with van der Waals surface area (Å²) in [5.74, 6) is -1.24. The van der Waals surface area contributed by atoms with Crippen molar-refractivity contribution in [1.29, 1.82) is 0 Å². The Bertz CT molecular complexity index is 980. The molecule has 3 N–H and O–H groups in total. The fourth-order valence-electron chi connectivity index (χ4n) is 3.54. The molecule has 1 heterocycles. The summed E-state index contributed by atoms with van der Waals surface area (Å²) in [4.78, 5) is 48.8. The molecule has 1 fully saturated rings. The molecule has 2 aromatic carbocycles. The molecular weight excluding hydrogens is 416 g/mol. The number of amides is 3. The predicted octanol–water partition coefficient (Wildman–Crippen LogP) is 1.91. The van der Waals surface area contributed by atoms with Crippen LogP contribution in [0.5, 0.6) is 0 Å². The average molecular weight is 440 g/mol. The first-order chi connectivity index (χ1) is 15.3. The van der Waals surface area contributed by atoms with Crippen molar-refractivity contribution in [2.45, 2.75) is 38.0 Å². The second kappa shape index (κ2) is 10.4. The summed E-state index contributed by atoms with van der Waals surface area (Å²) in [6.07, 6.45) is 0.541. The normalized spacial score (nSPS) is 16.2. The van der Waals surface area contributed by atoms with Gasteiger partial charge in [0.1, 0.15) is 18.7 Å². The van der Waals surface area contributed by atoms with Crippen molar-refractivity contribution >= 4 is 23.6 Å². The van der Waals surface area contributed by atoms with Crippen LogP contribution in [-0.4, -0.2) is 46.4 Å². The van der Waals surface area contributed by atoms with Gasteiger partial charge in [-0.2, -0.15) is 0 Å². The van der Waals surface area contributed by atoms with Crippen LogP contribution >= 0.6 is 0 Å². The molecule has 0 unspecified atom stereocenters. The van der Waals surface area contributed by atoms with E-state index in [0.29, 0.717) is 24.9 Å². The number of nitro groups is 1. The van der Waals surface area contributed by atoms with E-state index in [1.165, 1.54) is 29.2 Å². The molecule has 0 spiro atoms. The highest BCUT2D eigenvalue weighted by Crippen LogP contribution is 2.20. The molecule has 10 nitrogen and oxygen atoms in total. The lowest BCUT2D eigenvalue weighted by Gasteiger charge is -2.25. The van der Waals surface area contributed by atoms with Crippen molar-refractivity contribution in [3.63, 3.8) is 0 Å². The van der Waals surface area contributed by atoms with Gasteiger partial charge in [-0.3, -0.25) is 24.6 Å². The number of carbonyl (C=O) groups excluding carboxylic acids is 3. The average Bonchev–Trinajstić information content (AvgIpc) is 3.28. The molecule has 3 amide bonds. The largest absolute Gasteiger partial charge is 0.445 e. The number of primary amides is 1. The van der Waals surface area contributed by atoms with E-state index in [1.54, 1.807) is 0 Å². The maximum absolute atomic E-state index is 12.8. The summed E-state index contributed by atoms with van der Waals surface area (Å²) < 4.78 is 5.33. The van der Waals surface area contributed by atoms with Crippen LogP contribution in [0.4, 0.5) is 10.5 Å². The summed E-state index contributed by atoms with van der Waals surface area (Å²) in [6, 6.07) is 13.0. The fourth-order valence-corrected chi connectivity index (χ4v) is 3.54. The summed E-state index contributed by atoms with van der Waals surface area (Å²) >= 11 is 0. The lowest BCUT2D eigenvalue weighted by molar-refractivity contribution is -0.384. The second-order valence-corrected chi connectivity index (χ2v) is 7.48. The summed E-state index contributed by atoms with van der Waals surface area (Å²) in [7, 11) is 0. The van der Waals surface area contributed by atoms with Gasteiger partial charge >= 0.3 is 6.09 Å². The molecule has 1 saturated heterocycles. The third kappa shape index (κ3) is 5.81. The van der Waals surface area contributed by atoms with Crippen molar-refractivity contribution in [3.05, 3.63) is 75.8 Å². The van der Waals surface area contributed by atoms with Gasteiger partial charge in [-0.1, -0.05) is 42.5 Å². The number of nitro benzene ring substituents is 1. The Kier molecular flexibility index (Phi) is 7.37. The number of nitrogens with one attached hydrogen (secondary N) is 1. The Morgan fingerprint density at radius 1 is 1.12 bits per heavy atom. The van der Waals surface area contributed by atoms with Crippen LogP contribution in [0, 0.1) is 10.1 Å². The zero-order valence-corrected chi connectivity index (χ0v) is 17.3. The molecule has 0 bridgehead atoms. The third-order valence-corrected chi connectivity index (χ3v) is 5.24. The molecule has 0 aromatic heterocycles. The van der Waals surface area contributed by atoms with Gasteiger partial charge in [-0.25, -0.2) is 4.79 Å². The number of nitrogens with two attached hydrogens (primary N) is 1. The first kappa shape index (κ1) is 22.7. The van der Waals surface area contributed by atoms with Gasteiger partial charge in [0.2, 0.25) is 11.8 Å². The molecule has 0 aliphatic carbocycles. The number of nitrogens with zero attached hydrogens (tertiary/aromatic N) is 2. The molecule has 10 heteroatoms. The maximum Gasteiger partial charge on any atom is 0.410 e. The molecule has 3 rings (SSSR count). The second-order valence-electron chi connectivity index (χ2n) is 7.48. The number of hydrogen-bond donors (Lipinski definition) is 2. The van der Waals surface area contributed by atoms with Gasteiger partial charge < -0.3 is 15.8 Å². The number of non-ortho nitro benzene ring substituents is 1. The minimum absolute atomic E-state index is 0.0737. The maximum atomic E-state index is 12.8. The smallest absolute Gasteiger partial charge is 0.410 e. The zero-order chi connectivity index (χ0) is 23.1. The number of rotatable bonds is 8. The van der Waals surface area contributed by atoms with Crippen molar-refractivity contribution in [1.82, 2.24) is 10.2 Å². The minimum Gasteiger partial charge on any atom is -0.445 e. The van der Waals surface area contributed by atoms with E-state index in [2.05, 4.69) is 5.32 Å². The first-order valence-corrected chi connectivity index (χ1v) is 10.2. The van der Waals surface area contributed by atoms with Gasteiger partial charge in [0.25, 0.3) is 5.69 Å². The Labute approximate surface area is 184 Å². The molecule has 1 aliphatic rings. The number of benzene rings is 2. The number of carbonyl (C=O) groups is 3. The molecule has 0 radical (unpaired) electrons. The van der Waals surface area contributed by atoms with Crippen LogP contribution in [-0.2, 0) is 27.4 Å². The molecule has 0 saturated carbocycles. The Hall–Kier alpha value is -3.95. The van der Waals surface area contributed by atoms with E-state index in [4.69, 9.17) is 10.5 Å². The van der Waals surface area contributed by atoms with E-state index < -0.39 is 34.9 Å². The lowest BCUT2D eigenvalue weighted by Crippen LogP contribution is -2.53. The van der Waals surface area contributed by atoms with E-state index in [1.807, 2.05) is 30.3 Å². The topological polar surface area (TPSA) is 145 Å². The minimum atomic E-state index is -1.02. The van der Waals surface area contributed by atoms with Crippen LogP contribution < -0.4 is 11.1 Å². The first-order valence-electron chi connectivity index (χ1n) is 10.2. The van der Waals surface area contributed by atoms with Crippen molar-refractivity contribution in [2.75, 3.05) is 6.54 Å². The molecule has 2 atom stereocenters. The van der Waals surface area contributed by atoms with Gasteiger partial charge in [0.05, 0.1) is 4.92 Å². The summed E-state index contributed by atoms with van der Waals surface area (Å²) in [5.41, 5.74) is 6.80. The van der Waals surface area contributed by atoms with Crippen LogP contribution in [0.2, 0.25) is 0 Å². The quantitative estimate of drug-likeness (QED) is 0.474. The van der Waals surface area contributed by atoms with Crippen LogP contribution in [0.25, 0.3) is 0 Å². The SMILES string of the molecule is NC(=O)[C@@H](Cc1ccc([N+](=O)[O-])cc1)NC(=O)[C@H]1CCCN1C(=O)OCc1ccccc1. The number of ether oxygens (including phenoxy) is 1. The standard InChI is InChI=1S/C22H24N4O6/c23-20(27)18(13-15-8-10-17(11-9-15)26(30)31)24-21(28)19-7-4-12-25(19)22(29)32-14-16-5-2-1-3-6-16/h1-3,5-6,8-11,18-19H,4,7,12-14H2,(H2,23,27)(H,24,28)/t18-,19-/m1/s1. The van der Waals surface area contributed by atoms with Gasteiger partial charge in [-0.15, -0.1) is 0 Å². The highest BCUT2D eigenvalue weighted by Gasteiger charge is 2.36. The highest BCUT2D eigenvalue weighted by atomic mass is 16.6. The summed E-state index contributed by atoms with van der Waals surface area (Å²) in [5, 5.41) is 13.4. The van der Waals surface area contributed by atoms with Crippen molar-refractivity contribution in [2.24, 2.45) is 5.73 Å². The Morgan fingerprint density at radius 3 is 2.44 bits per heavy atom. The number of likely N-dealkylation sites (tertiary alicyclic amines) is 1. The van der Waals surface area contributed by atoms with Gasteiger partial charge in [-0.05, 0) is 24.0 Å². The van der Waals surface area contributed by atoms with E-state index >= 15 is 0 Å². The molecule has 32 heavy (non-hydrogen) atoms. The van der Waals surface area contributed by atoms with Gasteiger partial charge in [0, 0.05) is 25.1 Å². The summed E-state index contributed by atoms with van der Waals surface area (Å²) in [6.45, 7) is 0.462. The lowest BCUT2D eigenvalue weighted by atomic mass is 10.0. The predicted molar refractivity (Wildman–Crippen MR) is 114 cm³/mol. The zero-order valence-electron chi connectivity index (χ0n) is 17.3. The van der Waals surface area contributed by atoms with Crippen LogP contribution in [0.3, 0.4) is 0 Å². The monoisotopic (exact) mass is 440 g/mol. The Morgan fingerprint density at radius 2 is 1.81 bits per heavy atom. The molecule has 2 aromatic rings. The van der Waals surface area contributed by atoms with E-state index in [9.17, 15) is 24.5 Å². The highest BCUT2D eigenvalue weighted by molar-refractivity contribution is 5.91. The van der Waals surface area contributed by atoms with E-state index in [-0.39, 0.29) is 18.7 Å². The van der Waals surface area contributed by atoms with Crippen LogP contribution in [0.1, 0.15) is 24.0 Å². The van der Waals surface area contributed by atoms with Crippen LogP contribution in [0.15, 0.2) is 54.6 Å². The van der Waals surface area contributed by atoms with Crippen molar-refractivity contribution < 1.29 is 24.0 Å². The number of hydrogen-bond acceptors (Lipinski definition) is 6. The fraction of sp³-hybridized carbons (Fsp3) is 0.318. The third-order valence-electron chi connectivity index (χ3n) is 5.24. The van der Waals surface area contributed by atoms with Gasteiger partial charge in [0.15, 0.2) is 0 Å². The molecule has 168 valence electrons. The van der Waals surface area contributed by atoms with E-state index in [0.717, 1.165) is 5.56 Å². The van der Waals surface area contributed by atoms with Crippen molar-refractivity contribution in [3.8, 4) is 0 Å².